The standard InChI is InChI=1S/C10H19N3S/c1-8(2)12-10-11-5-6-13(10)7-9(3)14-4/h5-6,8-9H,7H2,1-4H3,(H,11,12). The van der Waals surface area contributed by atoms with E-state index >= 15 is 0 Å². The summed E-state index contributed by atoms with van der Waals surface area (Å²) in [4.78, 5) is 4.29. The summed E-state index contributed by atoms with van der Waals surface area (Å²) in [6, 6.07) is 0.431. The summed E-state index contributed by atoms with van der Waals surface area (Å²) in [6.45, 7) is 7.48. The Bertz CT molecular complexity index is 270. The molecular formula is C10H19N3S. The first-order chi connectivity index (χ1) is 6.63. The van der Waals surface area contributed by atoms with Gasteiger partial charge in [-0.15, -0.1) is 0 Å². The van der Waals surface area contributed by atoms with Crippen LogP contribution in [0.25, 0.3) is 0 Å². The first-order valence-corrected chi connectivity index (χ1v) is 6.22. The Morgan fingerprint density at radius 2 is 2.21 bits per heavy atom. The van der Waals surface area contributed by atoms with Crippen molar-refractivity contribution in [3.8, 4) is 0 Å². The number of hydrogen-bond acceptors (Lipinski definition) is 3. The van der Waals surface area contributed by atoms with Gasteiger partial charge in [-0.3, -0.25) is 0 Å². The molecule has 1 N–H and O–H groups in total. The van der Waals surface area contributed by atoms with Crippen LogP contribution in [0.3, 0.4) is 0 Å². The number of imidazole rings is 1. The summed E-state index contributed by atoms with van der Waals surface area (Å²) in [5.41, 5.74) is 0. The molecule has 0 fully saturated rings. The molecule has 14 heavy (non-hydrogen) atoms. The molecule has 0 amide bonds. The fourth-order valence-electron chi connectivity index (χ4n) is 1.21. The molecule has 0 saturated heterocycles. The molecule has 1 aromatic rings. The first kappa shape index (κ1) is 11.4. The molecule has 0 bridgehead atoms. The summed E-state index contributed by atoms with van der Waals surface area (Å²) < 4.78 is 2.17. The smallest absolute Gasteiger partial charge is 0.203 e. The summed E-state index contributed by atoms with van der Waals surface area (Å²) in [5.74, 6) is 0.973. The number of anilines is 1. The lowest BCUT2D eigenvalue weighted by Gasteiger charge is -2.14. The minimum Gasteiger partial charge on any atom is -0.353 e. The van der Waals surface area contributed by atoms with E-state index in [0.29, 0.717) is 11.3 Å². The van der Waals surface area contributed by atoms with Crippen molar-refractivity contribution >= 4 is 17.7 Å². The Labute approximate surface area is 90.3 Å². The van der Waals surface area contributed by atoms with Crippen LogP contribution in [0.15, 0.2) is 12.4 Å². The van der Waals surface area contributed by atoms with Crippen LogP contribution in [-0.2, 0) is 6.54 Å². The number of aromatic nitrogens is 2. The zero-order valence-corrected chi connectivity index (χ0v) is 10.1. The number of nitrogens with zero attached hydrogens (tertiary/aromatic N) is 2. The Balaban J connectivity index is 2.62. The van der Waals surface area contributed by atoms with Crippen LogP contribution >= 0.6 is 11.8 Å². The quantitative estimate of drug-likeness (QED) is 0.815. The predicted molar refractivity (Wildman–Crippen MR) is 64.0 cm³/mol. The lowest BCUT2D eigenvalue weighted by atomic mass is 10.4. The first-order valence-electron chi connectivity index (χ1n) is 4.94. The molecule has 0 aliphatic rings. The lowest BCUT2D eigenvalue weighted by molar-refractivity contribution is 0.688. The molecule has 0 aliphatic heterocycles. The van der Waals surface area contributed by atoms with E-state index in [-0.39, 0.29) is 0 Å². The van der Waals surface area contributed by atoms with Crippen molar-refractivity contribution in [1.29, 1.82) is 0 Å². The average molecular weight is 213 g/mol. The molecule has 3 nitrogen and oxygen atoms in total. The second-order valence-corrected chi connectivity index (χ2v) is 5.02. The molecule has 1 unspecified atom stereocenters. The van der Waals surface area contributed by atoms with Gasteiger partial charge in [0.05, 0.1) is 0 Å². The van der Waals surface area contributed by atoms with Crippen LogP contribution in [0, 0.1) is 0 Å². The Morgan fingerprint density at radius 3 is 2.79 bits per heavy atom. The minimum atomic E-state index is 0.431. The summed E-state index contributed by atoms with van der Waals surface area (Å²) >= 11 is 1.87. The van der Waals surface area contributed by atoms with E-state index in [1.807, 2.05) is 24.2 Å². The molecule has 4 heteroatoms. The van der Waals surface area contributed by atoms with Gasteiger partial charge in [-0.2, -0.15) is 11.8 Å². The third-order valence-corrected chi connectivity index (χ3v) is 2.94. The van der Waals surface area contributed by atoms with E-state index < -0.39 is 0 Å². The van der Waals surface area contributed by atoms with Crippen molar-refractivity contribution in [1.82, 2.24) is 9.55 Å². The van der Waals surface area contributed by atoms with Crippen molar-refractivity contribution < 1.29 is 0 Å². The van der Waals surface area contributed by atoms with Gasteiger partial charge < -0.3 is 9.88 Å². The highest BCUT2D eigenvalue weighted by atomic mass is 32.2. The maximum absolute atomic E-state index is 4.29. The van der Waals surface area contributed by atoms with Crippen LogP contribution in [0.5, 0.6) is 0 Å². The van der Waals surface area contributed by atoms with Gasteiger partial charge in [0.2, 0.25) is 5.95 Å². The fraction of sp³-hybridized carbons (Fsp3) is 0.700. The van der Waals surface area contributed by atoms with Crippen molar-refractivity contribution in [3.05, 3.63) is 12.4 Å². The largest absolute Gasteiger partial charge is 0.353 e. The molecule has 1 aromatic heterocycles. The van der Waals surface area contributed by atoms with E-state index in [1.165, 1.54) is 0 Å². The van der Waals surface area contributed by atoms with Crippen LogP contribution in [0.1, 0.15) is 20.8 Å². The van der Waals surface area contributed by atoms with Gasteiger partial charge in [-0.05, 0) is 20.1 Å². The van der Waals surface area contributed by atoms with Crippen LogP contribution in [0.4, 0.5) is 5.95 Å². The van der Waals surface area contributed by atoms with Gasteiger partial charge in [0, 0.05) is 30.2 Å². The summed E-state index contributed by atoms with van der Waals surface area (Å²) in [6.07, 6.45) is 6.01. The molecule has 0 aliphatic carbocycles. The van der Waals surface area contributed by atoms with Crippen LogP contribution < -0.4 is 5.32 Å². The van der Waals surface area contributed by atoms with Crippen molar-refractivity contribution in [2.75, 3.05) is 11.6 Å². The molecule has 1 heterocycles. The van der Waals surface area contributed by atoms with E-state index in [0.717, 1.165) is 12.5 Å². The van der Waals surface area contributed by atoms with Crippen LogP contribution in [0.2, 0.25) is 0 Å². The summed E-state index contributed by atoms with van der Waals surface area (Å²) in [5, 5.41) is 3.95. The average Bonchev–Trinajstić information content (AvgIpc) is 2.52. The Morgan fingerprint density at radius 1 is 1.50 bits per heavy atom. The highest BCUT2D eigenvalue weighted by molar-refractivity contribution is 7.99. The minimum absolute atomic E-state index is 0.431. The maximum atomic E-state index is 4.29. The second-order valence-electron chi connectivity index (χ2n) is 3.75. The highest BCUT2D eigenvalue weighted by Gasteiger charge is 2.06. The maximum Gasteiger partial charge on any atom is 0.203 e. The number of thioether (sulfide) groups is 1. The molecule has 0 radical (unpaired) electrons. The molecule has 1 rings (SSSR count). The molecular weight excluding hydrogens is 194 g/mol. The highest BCUT2D eigenvalue weighted by Crippen LogP contribution is 2.12. The molecule has 80 valence electrons. The third kappa shape index (κ3) is 3.25. The summed E-state index contributed by atoms with van der Waals surface area (Å²) in [7, 11) is 0. The van der Waals surface area contributed by atoms with Crippen molar-refractivity contribution in [2.45, 2.75) is 38.6 Å². The number of rotatable bonds is 5. The Hall–Kier alpha value is -0.640. The monoisotopic (exact) mass is 213 g/mol. The van der Waals surface area contributed by atoms with E-state index in [2.05, 4.69) is 41.9 Å². The van der Waals surface area contributed by atoms with Gasteiger partial charge in [-0.25, -0.2) is 4.98 Å². The molecule has 0 aromatic carbocycles. The van der Waals surface area contributed by atoms with Gasteiger partial charge in [0.15, 0.2) is 0 Å². The topological polar surface area (TPSA) is 29.9 Å². The van der Waals surface area contributed by atoms with E-state index in [4.69, 9.17) is 0 Å². The molecule has 0 spiro atoms. The normalized spacial score (nSPS) is 13.2. The SMILES string of the molecule is CSC(C)Cn1ccnc1NC(C)C. The van der Waals surface area contributed by atoms with Gasteiger partial charge in [-0.1, -0.05) is 6.92 Å². The number of nitrogens with one attached hydrogen (secondary N) is 1. The van der Waals surface area contributed by atoms with Crippen molar-refractivity contribution in [2.24, 2.45) is 0 Å². The van der Waals surface area contributed by atoms with E-state index in [9.17, 15) is 0 Å². The molecule has 0 saturated carbocycles. The van der Waals surface area contributed by atoms with Gasteiger partial charge >= 0.3 is 0 Å². The second kappa shape index (κ2) is 5.29. The zero-order valence-electron chi connectivity index (χ0n) is 9.32. The molecule has 1 atom stereocenters. The number of hydrogen-bond donors (Lipinski definition) is 1. The third-order valence-electron chi connectivity index (χ3n) is 1.99. The predicted octanol–water partition coefficient (Wildman–Crippen LogP) is 2.45. The zero-order chi connectivity index (χ0) is 10.6. The fourth-order valence-corrected chi connectivity index (χ4v) is 1.52. The van der Waals surface area contributed by atoms with Crippen LogP contribution in [-0.4, -0.2) is 27.1 Å². The van der Waals surface area contributed by atoms with Gasteiger partial charge in [0.25, 0.3) is 0 Å². The lowest BCUT2D eigenvalue weighted by Crippen LogP contribution is -2.17. The van der Waals surface area contributed by atoms with Crippen molar-refractivity contribution in [3.63, 3.8) is 0 Å². The van der Waals surface area contributed by atoms with Gasteiger partial charge in [0.1, 0.15) is 0 Å². The van der Waals surface area contributed by atoms with E-state index in [1.54, 1.807) is 0 Å². The Kier molecular flexibility index (Phi) is 4.32.